The van der Waals surface area contributed by atoms with Crippen LogP contribution in [0, 0.1) is 0 Å². The number of rotatable bonds is 2. The molecule has 1 heterocycles. The molecular formula is C9H9N3S. The Morgan fingerprint density at radius 2 is 2.00 bits per heavy atom. The smallest absolute Gasteiger partial charge is 0.173 e. The number of benzene rings is 1. The third kappa shape index (κ3) is 1.74. The van der Waals surface area contributed by atoms with Crippen LogP contribution in [0.15, 0.2) is 30.3 Å². The van der Waals surface area contributed by atoms with Gasteiger partial charge < -0.3 is 5.73 Å². The molecule has 0 aliphatic heterocycles. The van der Waals surface area contributed by atoms with Crippen LogP contribution in [0.1, 0.15) is 5.01 Å². The molecule has 1 aromatic carbocycles. The van der Waals surface area contributed by atoms with E-state index in [4.69, 9.17) is 5.73 Å². The van der Waals surface area contributed by atoms with Crippen molar-refractivity contribution in [1.29, 1.82) is 0 Å². The molecule has 0 bridgehead atoms. The maximum Gasteiger partial charge on any atom is 0.173 e. The van der Waals surface area contributed by atoms with Crippen molar-refractivity contribution >= 4 is 11.5 Å². The van der Waals surface area contributed by atoms with Crippen molar-refractivity contribution in [3.8, 4) is 11.4 Å². The van der Waals surface area contributed by atoms with Crippen LogP contribution in [-0.2, 0) is 6.54 Å². The molecule has 0 saturated heterocycles. The van der Waals surface area contributed by atoms with Crippen molar-refractivity contribution in [3.63, 3.8) is 0 Å². The molecule has 0 unspecified atom stereocenters. The first-order valence-electron chi connectivity index (χ1n) is 3.98. The maximum absolute atomic E-state index is 5.45. The SMILES string of the molecule is NCc1nc(-c2ccccc2)ns1. The standard InChI is InChI=1S/C9H9N3S/c10-6-8-11-9(12-13-8)7-4-2-1-3-5-7/h1-5H,6,10H2. The van der Waals surface area contributed by atoms with Gasteiger partial charge in [-0.2, -0.15) is 4.37 Å². The van der Waals surface area contributed by atoms with Crippen molar-refractivity contribution in [2.24, 2.45) is 5.73 Å². The second-order valence-corrected chi connectivity index (χ2v) is 3.42. The van der Waals surface area contributed by atoms with Gasteiger partial charge in [0, 0.05) is 12.1 Å². The molecule has 66 valence electrons. The summed E-state index contributed by atoms with van der Waals surface area (Å²) in [6.45, 7) is 0.463. The molecule has 0 aliphatic carbocycles. The normalized spacial score (nSPS) is 10.2. The first-order valence-corrected chi connectivity index (χ1v) is 4.75. The second kappa shape index (κ2) is 3.64. The molecule has 3 nitrogen and oxygen atoms in total. The largest absolute Gasteiger partial charge is 0.324 e. The fourth-order valence-electron chi connectivity index (χ4n) is 1.04. The molecule has 0 fully saturated rings. The predicted octanol–water partition coefficient (Wildman–Crippen LogP) is 1.66. The molecule has 13 heavy (non-hydrogen) atoms. The first kappa shape index (κ1) is 8.34. The van der Waals surface area contributed by atoms with E-state index in [1.807, 2.05) is 30.3 Å². The van der Waals surface area contributed by atoms with Gasteiger partial charge in [0.2, 0.25) is 0 Å². The summed E-state index contributed by atoms with van der Waals surface area (Å²) < 4.78 is 4.21. The van der Waals surface area contributed by atoms with Crippen molar-refractivity contribution in [2.45, 2.75) is 6.54 Å². The van der Waals surface area contributed by atoms with E-state index >= 15 is 0 Å². The van der Waals surface area contributed by atoms with Crippen LogP contribution in [-0.4, -0.2) is 9.36 Å². The van der Waals surface area contributed by atoms with Gasteiger partial charge in [0.1, 0.15) is 5.01 Å². The quantitative estimate of drug-likeness (QED) is 0.785. The summed E-state index contributed by atoms with van der Waals surface area (Å²) in [5, 5.41) is 0.874. The zero-order chi connectivity index (χ0) is 9.10. The minimum absolute atomic E-state index is 0.463. The molecule has 0 radical (unpaired) electrons. The summed E-state index contributed by atoms with van der Waals surface area (Å²) in [5.74, 6) is 0.769. The number of aromatic nitrogens is 2. The Hall–Kier alpha value is -1.26. The topological polar surface area (TPSA) is 51.8 Å². The van der Waals surface area contributed by atoms with E-state index in [0.717, 1.165) is 16.4 Å². The summed E-state index contributed by atoms with van der Waals surface area (Å²) in [4.78, 5) is 4.28. The van der Waals surface area contributed by atoms with Gasteiger partial charge >= 0.3 is 0 Å². The third-order valence-electron chi connectivity index (χ3n) is 1.67. The zero-order valence-corrected chi connectivity index (χ0v) is 7.79. The van der Waals surface area contributed by atoms with Crippen molar-refractivity contribution in [1.82, 2.24) is 9.36 Å². The Balaban J connectivity index is 2.36. The molecule has 0 spiro atoms. The van der Waals surface area contributed by atoms with E-state index in [-0.39, 0.29) is 0 Å². The van der Waals surface area contributed by atoms with E-state index < -0.39 is 0 Å². The molecule has 4 heteroatoms. The Morgan fingerprint density at radius 3 is 2.62 bits per heavy atom. The van der Waals surface area contributed by atoms with Crippen LogP contribution in [0.2, 0.25) is 0 Å². The molecule has 2 N–H and O–H groups in total. The first-order chi connectivity index (χ1) is 6.40. The van der Waals surface area contributed by atoms with Crippen LogP contribution in [0.4, 0.5) is 0 Å². The molecule has 1 aromatic heterocycles. The van der Waals surface area contributed by atoms with Crippen molar-refractivity contribution < 1.29 is 0 Å². The summed E-state index contributed by atoms with van der Waals surface area (Å²) >= 11 is 1.36. The highest BCUT2D eigenvalue weighted by atomic mass is 32.1. The van der Waals surface area contributed by atoms with Gasteiger partial charge in [0.05, 0.1) is 0 Å². The average molecular weight is 191 g/mol. The average Bonchev–Trinajstić information content (AvgIpc) is 2.67. The van der Waals surface area contributed by atoms with E-state index in [0.29, 0.717) is 6.54 Å². The summed E-state index contributed by atoms with van der Waals surface area (Å²) in [5.41, 5.74) is 6.49. The fourth-order valence-corrected chi connectivity index (χ4v) is 1.58. The van der Waals surface area contributed by atoms with E-state index in [9.17, 15) is 0 Å². The van der Waals surface area contributed by atoms with Crippen LogP contribution in [0.3, 0.4) is 0 Å². The van der Waals surface area contributed by atoms with E-state index in [1.165, 1.54) is 11.5 Å². The van der Waals surface area contributed by atoms with Gasteiger partial charge in [-0.05, 0) is 11.5 Å². The number of nitrogens with two attached hydrogens (primary N) is 1. The minimum atomic E-state index is 0.463. The molecule has 2 aromatic rings. The third-order valence-corrected chi connectivity index (χ3v) is 2.41. The molecule has 0 saturated carbocycles. The molecule has 0 amide bonds. The number of hydrogen-bond donors (Lipinski definition) is 1. The molecule has 0 atom stereocenters. The highest BCUT2D eigenvalue weighted by Crippen LogP contribution is 2.16. The Labute approximate surface area is 80.4 Å². The number of hydrogen-bond acceptors (Lipinski definition) is 4. The van der Waals surface area contributed by atoms with Crippen molar-refractivity contribution in [3.05, 3.63) is 35.3 Å². The lowest BCUT2D eigenvalue weighted by Gasteiger charge is -1.91. The van der Waals surface area contributed by atoms with Gasteiger partial charge in [0.25, 0.3) is 0 Å². The van der Waals surface area contributed by atoms with E-state index in [1.54, 1.807) is 0 Å². The van der Waals surface area contributed by atoms with Crippen LogP contribution >= 0.6 is 11.5 Å². The summed E-state index contributed by atoms with van der Waals surface area (Å²) in [6.07, 6.45) is 0. The molecule has 2 rings (SSSR count). The lowest BCUT2D eigenvalue weighted by atomic mass is 10.2. The van der Waals surface area contributed by atoms with Gasteiger partial charge in [-0.25, -0.2) is 4.98 Å². The van der Waals surface area contributed by atoms with Gasteiger partial charge in [-0.15, -0.1) is 0 Å². The van der Waals surface area contributed by atoms with Gasteiger partial charge in [-0.3, -0.25) is 0 Å². The monoisotopic (exact) mass is 191 g/mol. The summed E-state index contributed by atoms with van der Waals surface area (Å²) in [7, 11) is 0. The van der Waals surface area contributed by atoms with E-state index in [2.05, 4.69) is 9.36 Å². The maximum atomic E-state index is 5.45. The highest BCUT2D eigenvalue weighted by molar-refractivity contribution is 7.05. The fraction of sp³-hybridized carbons (Fsp3) is 0.111. The van der Waals surface area contributed by atoms with Crippen molar-refractivity contribution in [2.75, 3.05) is 0 Å². The predicted molar refractivity (Wildman–Crippen MR) is 53.2 cm³/mol. The lowest BCUT2D eigenvalue weighted by molar-refractivity contribution is 1.04. The Bertz CT molecular complexity index is 383. The van der Waals surface area contributed by atoms with Crippen LogP contribution < -0.4 is 5.73 Å². The van der Waals surface area contributed by atoms with Gasteiger partial charge in [0.15, 0.2) is 5.82 Å². The second-order valence-electron chi connectivity index (χ2n) is 2.58. The zero-order valence-electron chi connectivity index (χ0n) is 6.97. The Morgan fingerprint density at radius 1 is 1.23 bits per heavy atom. The number of nitrogens with zero attached hydrogens (tertiary/aromatic N) is 2. The Kier molecular flexibility index (Phi) is 2.33. The van der Waals surface area contributed by atoms with Gasteiger partial charge in [-0.1, -0.05) is 30.3 Å². The molecular weight excluding hydrogens is 182 g/mol. The highest BCUT2D eigenvalue weighted by Gasteiger charge is 2.03. The van der Waals surface area contributed by atoms with Crippen LogP contribution in [0.25, 0.3) is 11.4 Å². The van der Waals surface area contributed by atoms with Crippen LogP contribution in [0.5, 0.6) is 0 Å². The lowest BCUT2D eigenvalue weighted by Crippen LogP contribution is -1.94. The molecule has 0 aliphatic rings. The summed E-state index contributed by atoms with van der Waals surface area (Å²) in [6, 6.07) is 9.89. The minimum Gasteiger partial charge on any atom is -0.324 e.